The highest BCUT2D eigenvalue weighted by Gasteiger charge is 2.30. The summed E-state index contributed by atoms with van der Waals surface area (Å²) in [5.41, 5.74) is 8.60. The number of benzene rings is 2. The van der Waals surface area contributed by atoms with Crippen molar-refractivity contribution in [3.8, 4) is 0 Å². The maximum atomic E-state index is 12.3. The van der Waals surface area contributed by atoms with Gasteiger partial charge in [-0.2, -0.15) is 0 Å². The van der Waals surface area contributed by atoms with Crippen LogP contribution in [0.5, 0.6) is 0 Å². The van der Waals surface area contributed by atoms with Crippen LogP contribution in [0.4, 0.5) is 0 Å². The van der Waals surface area contributed by atoms with Crippen molar-refractivity contribution in [1.82, 2.24) is 0 Å². The second-order valence-corrected chi connectivity index (χ2v) is 4.72. The minimum Gasteiger partial charge on any atom is -0.369 e. The smallest absolute Gasteiger partial charge is 0.229 e. The molecule has 19 heavy (non-hydrogen) atoms. The summed E-state index contributed by atoms with van der Waals surface area (Å²) in [7, 11) is 0. The summed E-state index contributed by atoms with van der Waals surface area (Å²) in [4.78, 5) is 24.1. The highest BCUT2D eigenvalue weighted by Crippen LogP contribution is 2.33. The summed E-state index contributed by atoms with van der Waals surface area (Å²) in [6.07, 6.45) is 0.316. The quantitative estimate of drug-likeness (QED) is 0.843. The molecule has 3 rings (SSSR count). The van der Waals surface area contributed by atoms with Crippen molar-refractivity contribution in [3.05, 3.63) is 70.8 Å². The molecule has 0 aliphatic heterocycles. The van der Waals surface area contributed by atoms with Crippen molar-refractivity contribution >= 4 is 11.7 Å². The lowest BCUT2D eigenvalue weighted by Gasteiger charge is -2.16. The number of rotatable bonds is 1. The maximum Gasteiger partial charge on any atom is 0.229 e. The van der Waals surface area contributed by atoms with Crippen molar-refractivity contribution in [2.24, 2.45) is 5.73 Å². The van der Waals surface area contributed by atoms with Crippen LogP contribution in [-0.4, -0.2) is 11.7 Å². The minimum atomic E-state index is -0.543. The van der Waals surface area contributed by atoms with Crippen LogP contribution in [0.25, 0.3) is 0 Å². The fraction of sp³-hybridized carbons (Fsp3) is 0.125. The number of nitrogens with two attached hydrogens (primary N) is 1. The molecule has 1 unspecified atom stereocenters. The van der Waals surface area contributed by atoms with E-state index >= 15 is 0 Å². The molecule has 1 aliphatic rings. The van der Waals surface area contributed by atoms with E-state index in [9.17, 15) is 9.59 Å². The topological polar surface area (TPSA) is 60.2 Å². The lowest BCUT2D eigenvalue weighted by atomic mass is 9.87. The second-order valence-electron chi connectivity index (χ2n) is 4.72. The summed E-state index contributed by atoms with van der Waals surface area (Å²) >= 11 is 0. The van der Waals surface area contributed by atoms with E-state index < -0.39 is 11.8 Å². The van der Waals surface area contributed by atoms with E-state index in [-0.39, 0.29) is 5.78 Å². The third-order valence-electron chi connectivity index (χ3n) is 3.57. The van der Waals surface area contributed by atoms with Crippen LogP contribution in [0.2, 0.25) is 0 Å². The first-order valence-corrected chi connectivity index (χ1v) is 6.17. The molecule has 2 aromatic carbocycles. The molecule has 0 heterocycles. The molecule has 1 aliphatic carbocycles. The molecular weight excluding hydrogens is 238 g/mol. The highest BCUT2D eigenvalue weighted by molar-refractivity contribution is 6.03. The number of hydrogen-bond acceptors (Lipinski definition) is 2. The van der Waals surface area contributed by atoms with Crippen molar-refractivity contribution in [1.29, 1.82) is 0 Å². The zero-order valence-electron chi connectivity index (χ0n) is 10.3. The van der Waals surface area contributed by atoms with E-state index in [1.54, 1.807) is 6.07 Å². The fourth-order valence-electron chi connectivity index (χ4n) is 2.72. The number of fused-ring (bicyclic) bond motifs is 2. The van der Waals surface area contributed by atoms with E-state index in [4.69, 9.17) is 5.73 Å². The van der Waals surface area contributed by atoms with E-state index in [1.165, 1.54) is 0 Å². The normalized spacial score (nSPS) is 17.3. The molecule has 0 saturated heterocycles. The average Bonchev–Trinajstić information content (AvgIpc) is 2.53. The summed E-state index contributed by atoms with van der Waals surface area (Å²) < 4.78 is 0. The molecule has 3 heteroatoms. The Morgan fingerprint density at radius 2 is 1.63 bits per heavy atom. The van der Waals surface area contributed by atoms with Crippen LogP contribution in [0.1, 0.15) is 33.0 Å². The fourth-order valence-corrected chi connectivity index (χ4v) is 2.72. The third-order valence-corrected chi connectivity index (χ3v) is 3.57. The molecule has 2 N–H and O–H groups in total. The molecular formula is C16H13NO2. The number of carbonyl (C=O) groups excluding carboxylic acids is 2. The van der Waals surface area contributed by atoms with Crippen molar-refractivity contribution in [2.75, 3.05) is 0 Å². The lowest BCUT2D eigenvalue weighted by molar-refractivity contribution is -0.118. The number of ketones is 1. The van der Waals surface area contributed by atoms with Gasteiger partial charge in [0.2, 0.25) is 5.91 Å². The second kappa shape index (κ2) is 4.35. The molecule has 0 fully saturated rings. The Morgan fingerprint density at radius 1 is 1.00 bits per heavy atom. The van der Waals surface area contributed by atoms with Gasteiger partial charge in [0.25, 0.3) is 0 Å². The van der Waals surface area contributed by atoms with Gasteiger partial charge in [-0.05, 0) is 16.7 Å². The lowest BCUT2D eigenvalue weighted by Crippen LogP contribution is -2.23. The van der Waals surface area contributed by atoms with Gasteiger partial charge < -0.3 is 5.73 Å². The minimum absolute atomic E-state index is 0.0341. The Hall–Kier alpha value is -2.42. The maximum absolute atomic E-state index is 12.3. The Bertz CT molecular complexity index is 676. The van der Waals surface area contributed by atoms with Gasteiger partial charge >= 0.3 is 0 Å². The third kappa shape index (κ3) is 1.83. The summed E-state index contributed by atoms with van der Waals surface area (Å²) in [5.74, 6) is -0.930. The van der Waals surface area contributed by atoms with Gasteiger partial charge in [0.05, 0.1) is 5.92 Å². The SMILES string of the molecule is NC(=O)C1c2ccccc2CC(=O)c2ccccc21. The Kier molecular flexibility index (Phi) is 2.67. The van der Waals surface area contributed by atoms with E-state index in [0.29, 0.717) is 17.5 Å². The molecule has 2 aromatic rings. The molecule has 3 nitrogen and oxygen atoms in total. The van der Waals surface area contributed by atoms with E-state index in [0.717, 1.165) is 11.1 Å². The number of amides is 1. The van der Waals surface area contributed by atoms with E-state index in [1.807, 2.05) is 42.5 Å². The molecule has 0 bridgehead atoms. The van der Waals surface area contributed by atoms with Gasteiger partial charge in [-0.3, -0.25) is 9.59 Å². The monoisotopic (exact) mass is 251 g/mol. The first-order valence-electron chi connectivity index (χ1n) is 6.17. The first-order chi connectivity index (χ1) is 9.18. The largest absolute Gasteiger partial charge is 0.369 e. The molecule has 1 atom stereocenters. The van der Waals surface area contributed by atoms with Crippen LogP contribution in [0.3, 0.4) is 0 Å². The van der Waals surface area contributed by atoms with Crippen molar-refractivity contribution in [2.45, 2.75) is 12.3 Å². The Morgan fingerprint density at radius 3 is 2.37 bits per heavy atom. The summed E-state index contributed by atoms with van der Waals surface area (Å²) in [6, 6.07) is 14.7. The van der Waals surface area contributed by atoms with Gasteiger partial charge in [0.1, 0.15) is 0 Å². The number of carbonyl (C=O) groups is 2. The van der Waals surface area contributed by atoms with Gasteiger partial charge in [0, 0.05) is 12.0 Å². The summed E-state index contributed by atoms with van der Waals surface area (Å²) in [5, 5.41) is 0. The Balaban J connectivity index is 2.32. The van der Waals surface area contributed by atoms with Crippen molar-refractivity contribution < 1.29 is 9.59 Å². The summed E-state index contributed by atoms with van der Waals surface area (Å²) in [6.45, 7) is 0. The van der Waals surface area contributed by atoms with Crippen LogP contribution in [0, 0.1) is 0 Å². The van der Waals surface area contributed by atoms with Gasteiger partial charge in [-0.1, -0.05) is 48.5 Å². The zero-order valence-corrected chi connectivity index (χ0v) is 10.3. The predicted octanol–water partition coefficient (Wildman–Crippen LogP) is 2.04. The molecule has 0 spiro atoms. The zero-order chi connectivity index (χ0) is 13.4. The highest BCUT2D eigenvalue weighted by atomic mass is 16.1. The molecule has 0 radical (unpaired) electrons. The first kappa shape index (κ1) is 11.7. The number of hydrogen-bond donors (Lipinski definition) is 1. The van der Waals surface area contributed by atoms with Crippen LogP contribution >= 0.6 is 0 Å². The standard InChI is InChI=1S/C16H13NO2/c17-16(19)15-11-6-2-1-5-10(11)9-14(18)12-7-3-4-8-13(12)15/h1-8,15H,9H2,(H2,17,19). The molecule has 0 aromatic heterocycles. The number of Topliss-reactive ketones (excluding diaryl/α,β-unsaturated/α-hetero) is 1. The van der Waals surface area contributed by atoms with E-state index in [2.05, 4.69) is 0 Å². The van der Waals surface area contributed by atoms with Gasteiger partial charge in [-0.15, -0.1) is 0 Å². The Labute approximate surface area is 111 Å². The molecule has 1 amide bonds. The molecule has 0 saturated carbocycles. The number of primary amides is 1. The van der Waals surface area contributed by atoms with Crippen molar-refractivity contribution in [3.63, 3.8) is 0 Å². The van der Waals surface area contributed by atoms with Crippen LogP contribution in [-0.2, 0) is 11.2 Å². The molecule has 94 valence electrons. The van der Waals surface area contributed by atoms with Gasteiger partial charge in [-0.25, -0.2) is 0 Å². The average molecular weight is 251 g/mol. The van der Waals surface area contributed by atoms with Gasteiger partial charge in [0.15, 0.2) is 5.78 Å². The van der Waals surface area contributed by atoms with Crippen LogP contribution in [0.15, 0.2) is 48.5 Å². The van der Waals surface area contributed by atoms with Crippen LogP contribution < -0.4 is 5.73 Å². The predicted molar refractivity (Wildman–Crippen MR) is 72.0 cm³/mol.